The van der Waals surface area contributed by atoms with Crippen LogP contribution in [0.3, 0.4) is 0 Å². The van der Waals surface area contributed by atoms with Gasteiger partial charge in [-0.15, -0.1) is 0 Å². The smallest absolute Gasteiger partial charge is 0.337 e. The number of hydrogen-bond donors (Lipinski definition) is 2. The summed E-state index contributed by atoms with van der Waals surface area (Å²) in [6.07, 6.45) is 1.48. The van der Waals surface area contributed by atoms with E-state index in [1.165, 1.54) is 12.3 Å². The third-order valence-electron chi connectivity index (χ3n) is 1.64. The van der Waals surface area contributed by atoms with Crippen LogP contribution in [0.1, 0.15) is 10.4 Å². The van der Waals surface area contributed by atoms with E-state index in [0.29, 0.717) is 5.49 Å². The molecule has 5 nitrogen and oxygen atoms in total. The Morgan fingerprint density at radius 2 is 2.31 bits per heavy atom. The van der Waals surface area contributed by atoms with Gasteiger partial charge in [0.1, 0.15) is 5.49 Å². The second kappa shape index (κ2) is 3.75. The minimum Gasteiger partial charge on any atom is -0.478 e. The Kier molecular flexibility index (Phi) is 2.69. The summed E-state index contributed by atoms with van der Waals surface area (Å²) in [5.41, 5.74) is 3.70. The van der Waals surface area contributed by atoms with Crippen molar-refractivity contribution in [1.29, 1.82) is 0 Å². The lowest BCUT2D eigenvalue weighted by Crippen LogP contribution is -2.27. The summed E-state index contributed by atoms with van der Waals surface area (Å²) < 4.78 is 1.55. The molecule has 1 heterocycles. The van der Waals surface area contributed by atoms with Gasteiger partial charge >= 0.3 is 5.97 Å². The van der Waals surface area contributed by atoms with Crippen LogP contribution in [0.2, 0.25) is 0 Å². The second-order valence-electron chi connectivity index (χ2n) is 2.40. The Morgan fingerprint density at radius 1 is 1.62 bits per heavy atom. The van der Waals surface area contributed by atoms with Gasteiger partial charge in [0, 0.05) is 20.3 Å². The predicted octanol–water partition coefficient (Wildman–Crippen LogP) is -0.110. The number of rotatable bonds is 2. The summed E-state index contributed by atoms with van der Waals surface area (Å²) in [6.45, 7) is 0. The highest BCUT2D eigenvalue weighted by molar-refractivity contribution is 5.87. The minimum absolute atomic E-state index is 0.224. The molecule has 0 unspecified atom stereocenters. The lowest BCUT2D eigenvalue weighted by atomic mass is 10.3. The lowest BCUT2D eigenvalue weighted by molar-refractivity contribution is 0.0696. The zero-order valence-corrected chi connectivity index (χ0v) is 7.48. The Labute approximate surface area is 75.3 Å². The molecule has 0 atom stereocenters. The number of hydrogen-bond acceptors (Lipinski definition) is 3. The quantitative estimate of drug-likeness (QED) is 0.669. The molecule has 13 heavy (non-hydrogen) atoms. The zero-order valence-electron chi connectivity index (χ0n) is 7.48. The van der Waals surface area contributed by atoms with Gasteiger partial charge in [-0.2, -0.15) is 0 Å². The molecule has 0 spiro atoms. The van der Waals surface area contributed by atoms with Gasteiger partial charge in [0.15, 0.2) is 0 Å². The van der Waals surface area contributed by atoms with E-state index < -0.39 is 5.97 Å². The Hall–Kier alpha value is -1.78. The number of carboxylic acid groups (broad SMARTS) is 1. The van der Waals surface area contributed by atoms with Crippen molar-refractivity contribution >= 4 is 5.97 Å². The predicted molar refractivity (Wildman–Crippen MR) is 48.2 cm³/mol. The molecule has 70 valence electrons. The maximum absolute atomic E-state index is 10.6. The maximum atomic E-state index is 10.6. The Morgan fingerprint density at radius 3 is 2.77 bits per heavy atom. The number of carboxylic acids is 1. The summed E-state index contributed by atoms with van der Waals surface area (Å²) in [6, 6.07) is 3.15. The third-order valence-corrected chi connectivity index (χ3v) is 1.64. The SMILES string of the molecule is CN=c1ccc(C(=O)O)cn1NC. The molecule has 5 heteroatoms. The molecule has 0 radical (unpaired) electrons. The number of nitrogens with zero attached hydrogens (tertiary/aromatic N) is 2. The molecule has 0 saturated heterocycles. The van der Waals surface area contributed by atoms with Crippen molar-refractivity contribution in [3.05, 3.63) is 29.4 Å². The summed E-state index contributed by atoms with van der Waals surface area (Å²) in [5, 5.41) is 8.70. The van der Waals surface area contributed by atoms with Crippen molar-refractivity contribution in [2.24, 2.45) is 4.99 Å². The summed E-state index contributed by atoms with van der Waals surface area (Å²) in [4.78, 5) is 14.5. The third kappa shape index (κ3) is 1.87. The minimum atomic E-state index is -0.952. The summed E-state index contributed by atoms with van der Waals surface area (Å²) >= 11 is 0. The van der Waals surface area contributed by atoms with Crippen molar-refractivity contribution in [3.8, 4) is 0 Å². The van der Waals surface area contributed by atoms with E-state index in [1.54, 1.807) is 24.8 Å². The number of aromatic nitrogens is 1. The average molecular weight is 181 g/mol. The molecular formula is C8H11N3O2. The van der Waals surface area contributed by atoms with Gasteiger partial charge in [0.25, 0.3) is 0 Å². The van der Waals surface area contributed by atoms with Crippen LogP contribution in [-0.2, 0) is 0 Å². The van der Waals surface area contributed by atoms with Crippen LogP contribution >= 0.6 is 0 Å². The van der Waals surface area contributed by atoms with E-state index >= 15 is 0 Å². The van der Waals surface area contributed by atoms with Crippen LogP contribution in [0, 0.1) is 0 Å². The number of nitrogens with one attached hydrogen (secondary N) is 1. The van der Waals surface area contributed by atoms with Crippen LogP contribution in [0.25, 0.3) is 0 Å². The fraction of sp³-hybridized carbons (Fsp3) is 0.250. The first-order chi connectivity index (χ1) is 6.19. The summed E-state index contributed by atoms with van der Waals surface area (Å²) in [7, 11) is 3.34. The topological polar surface area (TPSA) is 66.6 Å². The number of pyridine rings is 1. The fourth-order valence-corrected chi connectivity index (χ4v) is 0.981. The molecule has 1 aromatic heterocycles. The molecule has 0 aliphatic heterocycles. The van der Waals surface area contributed by atoms with E-state index in [-0.39, 0.29) is 5.56 Å². The molecular weight excluding hydrogens is 170 g/mol. The van der Waals surface area contributed by atoms with Crippen molar-refractivity contribution in [2.75, 3.05) is 19.5 Å². The van der Waals surface area contributed by atoms with Crippen LogP contribution < -0.4 is 10.9 Å². The number of aromatic carboxylic acids is 1. The summed E-state index contributed by atoms with van der Waals surface area (Å²) in [5.74, 6) is -0.952. The van der Waals surface area contributed by atoms with Gasteiger partial charge in [-0.25, -0.2) is 9.47 Å². The Bertz CT molecular complexity index is 381. The monoisotopic (exact) mass is 181 g/mol. The van der Waals surface area contributed by atoms with Gasteiger partial charge < -0.3 is 10.5 Å². The highest BCUT2D eigenvalue weighted by Gasteiger charge is 2.02. The molecule has 0 fully saturated rings. The Balaban J connectivity index is 3.29. The molecule has 0 aliphatic carbocycles. The molecule has 0 saturated carbocycles. The largest absolute Gasteiger partial charge is 0.478 e. The molecule has 0 aromatic carbocycles. The van der Waals surface area contributed by atoms with Crippen LogP contribution in [0.4, 0.5) is 0 Å². The second-order valence-corrected chi connectivity index (χ2v) is 2.40. The van der Waals surface area contributed by atoms with E-state index in [1.807, 2.05) is 0 Å². The van der Waals surface area contributed by atoms with Gasteiger partial charge in [-0.3, -0.25) is 4.99 Å². The van der Waals surface area contributed by atoms with E-state index in [4.69, 9.17) is 5.11 Å². The molecule has 0 bridgehead atoms. The highest BCUT2D eigenvalue weighted by Crippen LogP contribution is 1.93. The van der Waals surface area contributed by atoms with Crippen molar-refractivity contribution in [2.45, 2.75) is 0 Å². The van der Waals surface area contributed by atoms with Gasteiger partial charge in [-0.05, 0) is 12.1 Å². The molecule has 0 aliphatic rings. The lowest BCUT2D eigenvalue weighted by Gasteiger charge is -2.06. The van der Waals surface area contributed by atoms with Crippen LogP contribution in [-0.4, -0.2) is 29.8 Å². The number of carbonyl (C=O) groups is 1. The highest BCUT2D eigenvalue weighted by atomic mass is 16.4. The molecule has 1 aromatic rings. The van der Waals surface area contributed by atoms with Gasteiger partial charge in [0.05, 0.1) is 5.56 Å². The van der Waals surface area contributed by atoms with Crippen molar-refractivity contribution in [1.82, 2.24) is 4.68 Å². The fourth-order valence-electron chi connectivity index (χ4n) is 0.981. The molecule has 2 N–H and O–H groups in total. The van der Waals surface area contributed by atoms with Crippen molar-refractivity contribution < 1.29 is 9.90 Å². The molecule has 0 amide bonds. The first-order valence-corrected chi connectivity index (χ1v) is 3.75. The average Bonchev–Trinajstić information content (AvgIpc) is 2.16. The van der Waals surface area contributed by atoms with Crippen LogP contribution in [0.15, 0.2) is 23.3 Å². The first kappa shape index (κ1) is 9.31. The standard InChI is InChI=1S/C8H11N3O2/c1-9-7-4-3-6(8(12)13)5-11(7)10-2/h3-5,10H,1-2H3,(H,12,13). The molecule has 1 rings (SSSR count). The zero-order chi connectivity index (χ0) is 9.84. The van der Waals surface area contributed by atoms with Gasteiger partial charge in [-0.1, -0.05) is 0 Å². The van der Waals surface area contributed by atoms with Gasteiger partial charge in [0.2, 0.25) is 0 Å². The first-order valence-electron chi connectivity index (χ1n) is 3.75. The van der Waals surface area contributed by atoms with Crippen molar-refractivity contribution in [3.63, 3.8) is 0 Å². The maximum Gasteiger partial charge on any atom is 0.337 e. The van der Waals surface area contributed by atoms with E-state index in [0.717, 1.165) is 0 Å². The van der Waals surface area contributed by atoms with Crippen LogP contribution in [0.5, 0.6) is 0 Å². The normalized spacial score (nSPS) is 11.4. The van der Waals surface area contributed by atoms with E-state index in [9.17, 15) is 4.79 Å². The van der Waals surface area contributed by atoms with E-state index in [2.05, 4.69) is 10.4 Å².